The van der Waals surface area contributed by atoms with Crippen LogP contribution in [-0.4, -0.2) is 68.0 Å². The van der Waals surface area contributed by atoms with Crippen molar-refractivity contribution in [2.75, 3.05) is 11.9 Å². The van der Waals surface area contributed by atoms with Crippen molar-refractivity contribution in [3.05, 3.63) is 17.0 Å². The third-order valence-corrected chi connectivity index (χ3v) is 3.71. The summed E-state index contributed by atoms with van der Waals surface area (Å²) in [6, 6.07) is 1.69. The zero-order valence-electron chi connectivity index (χ0n) is 11.6. The van der Waals surface area contributed by atoms with Gasteiger partial charge in [0.25, 0.3) is 0 Å². The maximum Gasteiger partial charge on any atom is 0.178 e. The molecule has 1 saturated heterocycles. The van der Waals surface area contributed by atoms with Gasteiger partial charge in [-0.05, 0) is 27.6 Å². The van der Waals surface area contributed by atoms with Crippen LogP contribution in [-0.2, 0) is 4.74 Å². The molecule has 5 N–H and O–H groups in total. The number of aliphatic hydroxyl groups excluding tert-OH is 4. The fourth-order valence-corrected chi connectivity index (χ4v) is 2.48. The predicted molar refractivity (Wildman–Crippen MR) is 74.6 cm³/mol. The SMILES string of the molecule is O=Nc1ccc(NC2C(O)[C@@H](O)C(CO)O[C@H]2O)c2nonc12. The van der Waals surface area contributed by atoms with E-state index in [1.165, 1.54) is 12.1 Å². The lowest BCUT2D eigenvalue weighted by Gasteiger charge is -2.40. The number of nitrogens with one attached hydrogen (secondary N) is 1. The van der Waals surface area contributed by atoms with E-state index in [-0.39, 0.29) is 22.4 Å². The number of nitrogens with zero attached hydrogens (tertiary/aromatic N) is 3. The molecule has 2 aromatic rings. The van der Waals surface area contributed by atoms with E-state index in [0.29, 0.717) is 0 Å². The molecule has 0 bridgehead atoms. The Balaban J connectivity index is 1.90. The molecule has 1 fully saturated rings. The van der Waals surface area contributed by atoms with Crippen LogP contribution in [0.3, 0.4) is 0 Å². The quantitative estimate of drug-likeness (QED) is 0.431. The second-order valence-corrected chi connectivity index (χ2v) is 5.08. The fraction of sp³-hybridized carbons (Fsp3) is 0.500. The molecule has 0 radical (unpaired) electrons. The van der Waals surface area contributed by atoms with Crippen LogP contribution in [0.4, 0.5) is 11.4 Å². The van der Waals surface area contributed by atoms with Crippen LogP contribution in [0.5, 0.6) is 0 Å². The monoisotopic (exact) mass is 326 g/mol. The van der Waals surface area contributed by atoms with E-state index in [1.807, 2.05) is 0 Å². The lowest BCUT2D eigenvalue weighted by molar-refractivity contribution is -0.245. The van der Waals surface area contributed by atoms with Gasteiger partial charge in [0.05, 0.1) is 12.3 Å². The second kappa shape index (κ2) is 6.14. The van der Waals surface area contributed by atoms with Gasteiger partial charge >= 0.3 is 0 Å². The number of ether oxygens (including phenoxy) is 1. The maximum absolute atomic E-state index is 10.7. The molecule has 11 nitrogen and oxygen atoms in total. The van der Waals surface area contributed by atoms with E-state index in [0.717, 1.165) is 0 Å². The number of fused-ring (bicyclic) bond motifs is 1. The summed E-state index contributed by atoms with van der Waals surface area (Å²) in [6.45, 7) is -0.556. The van der Waals surface area contributed by atoms with Gasteiger partial charge in [-0.15, -0.1) is 4.91 Å². The Bertz CT molecular complexity index is 708. The van der Waals surface area contributed by atoms with Gasteiger partial charge in [-0.3, -0.25) is 0 Å². The standard InChI is InChI=1S/C12H14N4O7/c17-3-6-10(18)11(19)9(12(20)22-6)13-4-1-2-5(14-21)8-7(4)15-23-16-8/h1-2,6,9-13,17-20H,3H2/t6?,9?,10-,11?,12+/m0/s1. The minimum atomic E-state index is -1.50. The first-order valence-electron chi connectivity index (χ1n) is 6.72. The number of aliphatic hydroxyl groups is 4. The highest BCUT2D eigenvalue weighted by Crippen LogP contribution is 2.31. The molecular weight excluding hydrogens is 312 g/mol. The Labute approximate surface area is 128 Å². The highest BCUT2D eigenvalue weighted by Gasteiger charge is 2.43. The van der Waals surface area contributed by atoms with Crippen LogP contribution in [0.25, 0.3) is 11.0 Å². The summed E-state index contributed by atoms with van der Waals surface area (Å²) >= 11 is 0. The Morgan fingerprint density at radius 3 is 2.61 bits per heavy atom. The van der Waals surface area contributed by atoms with Crippen molar-refractivity contribution in [3.63, 3.8) is 0 Å². The minimum Gasteiger partial charge on any atom is -0.394 e. The highest BCUT2D eigenvalue weighted by atomic mass is 16.6. The highest BCUT2D eigenvalue weighted by molar-refractivity contribution is 5.94. The van der Waals surface area contributed by atoms with Gasteiger partial charge in [-0.1, -0.05) is 0 Å². The fourth-order valence-electron chi connectivity index (χ4n) is 2.48. The molecule has 124 valence electrons. The van der Waals surface area contributed by atoms with Crippen LogP contribution in [0.2, 0.25) is 0 Å². The molecule has 2 heterocycles. The molecule has 0 amide bonds. The van der Waals surface area contributed by atoms with Gasteiger partial charge in [-0.2, -0.15) is 0 Å². The van der Waals surface area contributed by atoms with E-state index in [1.54, 1.807) is 0 Å². The summed E-state index contributed by atoms with van der Waals surface area (Å²) < 4.78 is 9.62. The van der Waals surface area contributed by atoms with Crippen molar-refractivity contribution in [1.29, 1.82) is 0 Å². The molecule has 11 heteroatoms. The van der Waals surface area contributed by atoms with Crippen molar-refractivity contribution in [2.24, 2.45) is 5.18 Å². The second-order valence-electron chi connectivity index (χ2n) is 5.08. The number of hydrogen-bond donors (Lipinski definition) is 5. The molecule has 1 aromatic carbocycles. The van der Waals surface area contributed by atoms with Gasteiger partial charge in [0.2, 0.25) is 0 Å². The normalized spacial score (nSPS) is 31.2. The molecular formula is C12H14N4O7. The smallest absolute Gasteiger partial charge is 0.178 e. The van der Waals surface area contributed by atoms with Crippen molar-refractivity contribution < 1.29 is 29.8 Å². The first-order chi connectivity index (χ1) is 11.1. The summed E-state index contributed by atoms with van der Waals surface area (Å²) in [7, 11) is 0. The summed E-state index contributed by atoms with van der Waals surface area (Å²) in [4.78, 5) is 10.7. The van der Waals surface area contributed by atoms with Crippen molar-refractivity contribution in [3.8, 4) is 0 Å². The largest absolute Gasteiger partial charge is 0.394 e. The number of nitroso groups, excluding NO2 is 1. The molecule has 0 saturated carbocycles. The van der Waals surface area contributed by atoms with E-state index in [2.05, 4.69) is 25.4 Å². The van der Waals surface area contributed by atoms with Crippen LogP contribution in [0, 0.1) is 4.91 Å². The Kier molecular flexibility index (Phi) is 4.19. The zero-order chi connectivity index (χ0) is 16.6. The Hall–Kier alpha value is -2.18. The number of benzene rings is 1. The Morgan fingerprint density at radius 1 is 1.17 bits per heavy atom. The van der Waals surface area contributed by atoms with Crippen LogP contribution in [0.1, 0.15) is 0 Å². The number of hydrogen-bond acceptors (Lipinski definition) is 11. The average Bonchev–Trinajstić information content (AvgIpc) is 3.04. The van der Waals surface area contributed by atoms with E-state index in [9.17, 15) is 20.2 Å². The van der Waals surface area contributed by atoms with Crippen molar-refractivity contribution >= 4 is 22.4 Å². The van der Waals surface area contributed by atoms with Gasteiger partial charge in [0.15, 0.2) is 17.3 Å². The zero-order valence-corrected chi connectivity index (χ0v) is 11.6. The third-order valence-electron chi connectivity index (χ3n) is 3.71. The lowest BCUT2D eigenvalue weighted by atomic mass is 9.96. The summed E-state index contributed by atoms with van der Waals surface area (Å²) in [5, 5.41) is 51.7. The molecule has 3 rings (SSSR count). The number of anilines is 1. The molecule has 0 aliphatic carbocycles. The topological polar surface area (TPSA) is 171 Å². The van der Waals surface area contributed by atoms with Gasteiger partial charge in [-0.25, -0.2) is 4.63 Å². The Morgan fingerprint density at radius 2 is 1.91 bits per heavy atom. The van der Waals surface area contributed by atoms with Crippen LogP contribution < -0.4 is 5.32 Å². The molecule has 0 spiro atoms. The maximum atomic E-state index is 10.7. The molecule has 1 aliphatic heterocycles. The number of aromatic nitrogens is 2. The van der Waals surface area contributed by atoms with E-state index >= 15 is 0 Å². The van der Waals surface area contributed by atoms with Gasteiger partial charge in [0.1, 0.15) is 30.0 Å². The van der Waals surface area contributed by atoms with Crippen molar-refractivity contribution in [2.45, 2.75) is 30.6 Å². The third kappa shape index (κ3) is 2.64. The molecule has 1 aromatic heterocycles. The molecule has 5 atom stereocenters. The summed E-state index contributed by atoms with van der Waals surface area (Å²) in [5.74, 6) is 0. The lowest BCUT2D eigenvalue weighted by Crippen LogP contribution is -2.61. The molecule has 1 aliphatic rings. The average molecular weight is 326 g/mol. The van der Waals surface area contributed by atoms with E-state index < -0.39 is 37.3 Å². The molecule has 23 heavy (non-hydrogen) atoms. The van der Waals surface area contributed by atoms with Gasteiger partial charge < -0.3 is 30.5 Å². The molecule has 3 unspecified atom stereocenters. The number of rotatable bonds is 4. The first-order valence-corrected chi connectivity index (χ1v) is 6.72. The predicted octanol–water partition coefficient (Wildman–Crippen LogP) is -1.17. The van der Waals surface area contributed by atoms with Crippen molar-refractivity contribution in [1.82, 2.24) is 10.3 Å². The summed E-state index contributed by atoms with van der Waals surface area (Å²) in [6.07, 6.45) is -5.42. The van der Waals surface area contributed by atoms with E-state index in [4.69, 9.17) is 9.84 Å². The van der Waals surface area contributed by atoms with Crippen LogP contribution in [0.15, 0.2) is 21.9 Å². The van der Waals surface area contributed by atoms with Gasteiger partial charge in [0, 0.05) is 0 Å². The van der Waals surface area contributed by atoms with Crippen LogP contribution >= 0.6 is 0 Å². The minimum absolute atomic E-state index is 0.0215. The first kappa shape index (κ1) is 15.7. The summed E-state index contributed by atoms with van der Waals surface area (Å²) in [5.41, 5.74) is 0.586.